The van der Waals surface area contributed by atoms with Crippen LogP contribution in [0.15, 0.2) is 0 Å². The van der Waals surface area contributed by atoms with E-state index in [2.05, 4.69) is 23.9 Å². The molecular formula is C30H50N4O5S. The fraction of sp³-hybridized carbons (Fsp3) is 0.900. The Bertz CT molecular complexity index is 1210. The molecule has 0 aromatic rings. The number of sulfonamides is 1. The van der Waals surface area contributed by atoms with Gasteiger partial charge in [-0.3, -0.25) is 19.1 Å². The van der Waals surface area contributed by atoms with E-state index in [1.807, 2.05) is 34.6 Å². The van der Waals surface area contributed by atoms with Crippen molar-refractivity contribution in [2.75, 3.05) is 6.54 Å². The zero-order valence-electron chi connectivity index (χ0n) is 25.5. The molecule has 1 aliphatic heterocycles. The van der Waals surface area contributed by atoms with Crippen LogP contribution in [-0.2, 0) is 24.4 Å². The van der Waals surface area contributed by atoms with E-state index in [0.717, 1.165) is 25.7 Å². The van der Waals surface area contributed by atoms with Crippen LogP contribution in [0.1, 0.15) is 113 Å². The molecule has 4 aliphatic carbocycles. The highest BCUT2D eigenvalue weighted by Gasteiger charge is 2.85. The van der Waals surface area contributed by atoms with Crippen molar-refractivity contribution in [3.8, 4) is 0 Å². The Labute approximate surface area is 240 Å². The van der Waals surface area contributed by atoms with Crippen molar-refractivity contribution in [2.45, 2.75) is 135 Å². The fourth-order valence-electron chi connectivity index (χ4n) is 8.80. The summed E-state index contributed by atoms with van der Waals surface area (Å²) < 4.78 is 27.9. The SMILES string of the molecule is CCCC1(S(=O)(=O)NC(=O)[C@@]2(NC(=O)[C@@H]3C[C@@]4(CN3C(=O)[C@@H](N)C(C)(C)C)C(C)(C)C43CCC3)C[C@H]2CC)CC1. The molecule has 5 rings (SSSR count). The van der Waals surface area contributed by atoms with Crippen LogP contribution in [0.3, 0.4) is 0 Å². The fourth-order valence-corrected chi connectivity index (χ4v) is 10.6. The predicted molar refractivity (Wildman–Crippen MR) is 153 cm³/mol. The number of likely N-dealkylation sites (tertiary alicyclic amines) is 1. The third-order valence-electron chi connectivity index (χ3n) is 12.3. The molecule has 0 aromatic heterocycles. The average molecular weight is 579 g/mol. The third-order valence-corrected chi connectivity index (χ3v) is 14.5. The molecule has 0 radical (unpaired) electrons. The predicted octanol–water partition coefficient (Wildman–Crippen LogP) is 3.22. The first-order valence-corrected chi connectivity index (χ1v) is 16.8. The minimum atomic E-state index is -3.86. The number of nitrogens with one attached hydrogen (secondary N) is 2. The van der Waals surface area contributed by atoms with Crippen molar-refractivity contribution in [3.63, 3.8) is 0 Å². The number of nitrogens with zero attached hydrogens (tertiary/aromatic N) is 1. The number of carbonyl (C=O) groups is 3. The minimum absolute atomic E-state index is 0.00414. The average Bonchev–Trinajstić information content (AvgIpc) is 3.75. The van der Waals surface area contributed by atoms with Gasteiger partial charge in [0.1, 0.15) is 11.6 Å². The van der Waals surface area contributed by atoms with Crippen LogP contribution >= 0.6 is 0 Å². The van der Waals surface area contributed by atoms with Crippen molar-refractivity contribution in [1.82, 2.24) is 14.9 Å². The Morgan fingerprint density at radius 1 is 1.02 bits per heavy atom. The van der Waals surface area contributed by atoms with E-state index in [9.17, 15) is 22.8 Å². The van der Waals surface area contributed by atoms with Gasteiger partial charge in [0.05, 0.1) is 10.8 Å². The molecular weight excluding hydrogens is 528 g/mol. The second-order valence-electron chi connectivity index (χ2n) is 15.3. The summed E-state index contributed by atoms with van der Waals surface area (Å²) in [6.45, 7) is 14.7. The molecule has 5 fully saturated rings. The Hall–Kier alpha value is -1.68. The van der Waals surface area contributed by atoms with E-state index in [1.165, 1.54) is 0 Å². The quantitative estimate of drug-likeness (QED) is 0.384. The lowest BCUT2D eigenvalue weighted by Crippen LogP contribution is -2.59. The summed E-state index contributed by atoms with van der Waals surface area (Å²) in [6, 6.07) is -1.51. The number of fused-ring (bicyclic) bond motifs is 1. The summed E-state index contributed by atoms with van der Waals surface area (Å²) >= 11 is 0. The van der Waals surface area contributed by atoms with Gasteiger partial charge in [0.25, 0.3) is 5.91 Å². The van der Waals surface area contributed by atoms with Crippen molar-refractivity contribution in [3.05, 3.63) is 0 Å². The lowest BCUT2D eigenvalue weighted by molar-refractivity contribution is -0.142. The van der Waals surface area contributed by atoms with Gasteiger partial charge < -0.3 is 16.0 Å². The summed E-state index contributed by atoms with van der Waals surface area (Å²) in [5, 5.41) is 3.01. The molecule has 226 valence electrons. The van der Waals surface area contributed by atoms with Gasteiger partial charge in [-0.05, 0) is 67.1 Å². The van der Waals surface area contributed by atoms with Crippen molar-refractivity contribution in [1.29, 1.82) is 0 Å². The van der Waals surface area contributed by atoms with Gasteiger partial charge in [0, 0.05) is 12.0 Å². The smallest absolute Gasteiger partial charge is 0.259 e. The minimum Gasteiger partial charge on any atom is -0.340 e. The first kappa shape index (κ1) is 29.8. The van der Waals surface area contributed by atoms with E-state index in [-0.39, 0.29) is 34.0 Å². The maximum Gasteiger partial charge on any atom is 0.259 e. The number of hydrogen-bond acceptors (Lipinski definition) is 6. The van der Waals surface area contributed by atoms with Crippen LogP contribution in [0.25, 0.3) is 0 Å². The zero-order chi connectivity index (χ0) is 29.7. The molecule has 3 amide bonds. The second kappa shape index (κ2) is 8.91. The lowest BCUT2D eigenvalue weighted by Gasteiger charge is -2.34. The van der Waals surface area contributed by atoms with Crippen molar-refractivity contribution >= 4 is 27.7 Å². The normalized spacial score (nSPS) is 35.1. The number of amides is 3. The van der Waals surface area contributed by atoms with Gasteiger partial charge in [0.15, 0.2) is 0 Å². The van der Waals surface area contributed by atoms with Gasteiger partial charge in [-0.2, -0.15) is 0 Å². The highest BCUT2D eigenvalue weighted by molar-refractivity contribution is 7.91. The number of hydrogen-bond donors (Lipinski definition) is 3. The summed E-state index contributed by atoms with van der Waals surface area (Å²) in [7, 11) is -3.86. The largest absolute Gasteiger partial charge is 0.340 e. The molecule has 0 unspecified atom stereocenters. The Morgan fingerprint density at radius 2 is 1.65 bits per heavy atom. The summed E-state index contributed by atoms with van der Waals surface area (Å²) in [6.07, 6.45) is 7.26. The highest BCUT2D eigenvalue weighted by atomic mass is 32.2. The Kier molecular flexibility index (Phi) is 6.64. The van der Waals surface area contributed by atoms with Gasteiger partial charge in [-0.15, -0.1) is 0 Å². The van der Waals surface area contributed by atoms with Crippen LogP contribution in [0.5, 0.6) is 0 Å². The Morgan fingerprint density at radius 3 is 2.08 bits per heavy atom. The van der Waals surface area contributed by atoms with Gasteiger partial charge in [-0.1, -0.05) is 67.7 Å². The molecule has 1 saturated heterocycles. The van der Waals surface area contributed by atoms with Crippen molar-refractivity contribution < 1.29 is 22.8 Å². The lowest BCUT2D eigenvalue weighted by atomic mass is 9.73. The summed E-state index contributed by atoms with van der Waals surface area (Å²) in [5.74, 6) is -1.41. The number of carbonyl (C=O) groups excluding carboxylic acids is 3. The highest BCUT2D eigenvalue weighted by Crippen LogP contribution is 2.88. The molecule has 40 heavy (non-hydrogen) atoms. The van der Waals surface area contributed by atoms with E-state index < -0.39 is 43.7 Å². The molecule has 2 spiro atoms. The maximum absolute atomic E-state index is 14.1. The third kappa shape index (κ3) is 3.86. The van der Waals surface area contributed by atoms with E-state index >= 15 is 0 Å². The van der Waals surface area contributed by atoms with E-state index in [4.69, 9.17) is 5.73 Å². The first-order chi connectivity index (χ1) is 18.4. The number of nitrogens with two attached hydrogens (primary N) is 1. The van der Waals surface area contributed by atoms with E-state index in [0.29, 0.717) is 45.1 Å². The molecule has 9 nitrogen and oxygen atoms in total. The molecule has 1 heterocycles. The molecule has 5 atom stereocenters. The number of rotatable bonds is 9. The molecule has 0 bridgehead atoms. The maximum atomic E-state index is 14.1. The standard InChI is InChI=1S/C30H50N4O5S/c1-8-11-27(14-15-27)40(38,39)33-24(37)30(16-19(30)9-2)32-22(35)20-17-29(26(6,7)28(29)12-10-13-28)18-34(20)23(36)21(31)25(3,4)5/h19-21H,8-18,31H2,1-7H3,(H,32,35)(H,33,37)/t19-,20+,21-,29-,30-/m1/s1. The first-order valence-electron chi connectivity index (χ1n) is 15.4. The van der Waals surface area contributed by atoms with Crippen LogP contribution < -0.4 is 15.8 Å². The summed E-state index contributed by atoms with van der Waals surface area (Å²) in [4.78, 5) is 43.2. The molecule has 4 N–H and O–H groups in total. The van der Waals surface area contributed by atoms with Crippen LogP contribution in [0.2, 0.25) is 0 Å². The van der Waals surface area contributed by atoms with Crippen molar-refractivity contribution in [2.24, 2.45) is 33.3 Å². The Balaban J connectivity index is 1.40. The molecule has 4 saturated carbocycles. The van der Waals surface area contributed by atoms with Crippen LogP contribution in [0.4, 0.5) is 0 Å². The summed E-state index contributed by atoms with van der Waals surface area (Å²) in [5.41, 5.74) is 4.68. The molecule has 5 aliphatic rings. The van der Waals surface area contributed by atoms with Gasteiger partial charge >= 0.3 is 0 Å². The van der Waals surface area contributed by atoms with Gasteiger partial charge in [0.2, 0.25) is 21.8 Å². The molecule has 0 aromatic carbocycles. The van der Waals surface area contributed by atoms with Crippen LogP contribution in [-0.4, -0.2) is 60.0 Å². The topological polar surface area (TPSA) is 139 Å². The monoisotopic (exact) mass is 578 g/mol. The van der Waals surface area contributed by atoms with E-state index in [1.54, 1.807) is 4.90 Å². The second-order valence-corrected chi connectivity index (χ2v) is 17.4. The van der Waals surface area contributed by atoms with Gasteiger partial charge in [-0.25, -0.2) is 8.42 Å². The van der Waals surface area contributed by atoms with Crippen LogP contribution in [0, 0.1) is 27.6 Å². The zero-order valence-corrected chi connectivity index (χ0v) is 26.3. The molecule has 10 heteroatoms.